The summed E-state index contributed by atoms with van der Waals surface area (Å²) >= 11 is 0. The molecule has 1 N–H and O–H groups in total. The van der Waals surface area contributed by atoms with E-state index >= 15 is 0 Å². The highest BCUT2D eigenvalue weighted by molar-refractivity contribution is 4.91. The fraction of sp³-hybridized carbons (Fsp3) is 1.00. The van der Waals surface area contributed by atoms with Gasteiger partial charge in [0.1, 0.15) is 0 Å². The van der Waals surface area contributed by atoms with Crippen molar-refractivity contribution < 1.29 is 0 Å². The van der Waals surface area contributed by atoms with Gasteiger partial charge < -0.3 is 5.32 Å². The Morgan fingerprint density at radius 3 is 2.67 bits per heavy atom. The number of hydrogen-bond donors (Lipinski definition) is 1. The zero-order valence-corrected chi connectivity index (χ0v) is 11.1. The molecule has 1 aliphatic rings. The number of rotatable bonds is 4. The van der Waals surface area contributed by atoms with E-state index in [1.165, 1.54) is 25.9 Å². The van der Waals surface area contributed by atoms with E-state index in [0.29, 0.717) is 11.6 Å². The van der Waals surface area contributed by atoms with E-state index in [9.17, 15) is 0 Å². The standard InChI is InChI=1S/C13H28N2/c1-11(2)7-6-8-15-9-12(3)14-10-13(15,4)5/h11-12,14H,6-10H2,1-5H3. The highest BCUT2D eigenvalue weighted by Crippen LogP contribution is 2.19. The molecule has 1 saturated heterocycles. The average molecular weight is 212 g/mol. The van der Waals surface area contributed by atoms with Gasteiger partial charge in [-0.15, -0.1) is 0 Å². The summed E-state index contributed by atoms with van der Waals surface area (Å²) in [6, 6.07) is 0.650. The Labute approximate surface area is 95.4 Å². The minimum absolute atomic E-state index is 0.337. The van der Waals surface area contributed by atoms with Crippen molar-refractivity contribution in [1.82, 2.24) is 10.2 Å². The van der Waals surface area contributed by atoms with E-state index < -0.39 is 0 Å². The molecule has 1 fully saturated rings. The summed E-state index contributed by atoms with van der Waals surface area (Å²) < 4.78 is 0. The maximum Gasteiger partial charge on any atom is 0.0278 e. The molecule has 1 rings (SSSR count). The van der Waals surface area contributed by atoms with Gasteiger partial charge in [-0.05, 0) is 46.1 Å². The van der Waals surface area contributed by atoms with Crippen LogP contribution in [0.4, 0.5) is 0 Å². The fourth-order valence-electron chi connectivity index (χ4n) is 2.26. The largest absolute Gasteiger partial charge is 0.311 e. The van der Waals surface area contributed by atoms with E-state index in [-0.39, 0.29) is 0 Å². The Hall–Kier alpha value is -0.0800. The van der Waals surface area contributed by atoms with E-state index in [2.05, 4.69) is 44.8 Å². The third kappa shape index (κ3) is 4.12. The summed E-state index contributed by atoms with van der Waals surface area (Å²) in [5, 5.41) is 3.56. The van der Waals surface area contributed by atoms with Gasteiger partial charge in [-0.3, -0.25) is 4.90 Å². The predicted octanol–water partition coefficient (Wildman–Crippen LogP) is 2.49. The van der Waals surface area contributed by atoms with Crippen LogP contribution < -0.4 is 5.32 Å². The van der Waals surface area contributed by atoms with Crippen LogP contribution in [0.25, 0.3) is 0 Å². The molecule has 0 radical (unpaired) electrons. The van der Waals surface area contributed by atoms with Crippen molar-refractivity contribution in [2.45, 2.75) is 59.0 Å². The van der Waals surface area contributed by atoms with Crippen molar-refractivity contribution in [3.63, 3.8) is 0 Å². The number of hydrogen-bond acceptors (Lipinski definition) is 2. The lowest BCUT2D eigenvalue weighted by atomic mass is 9.97. The Balaban J connectivity index is 2.36. The third-order valence-electron chi connectivity index (χ3n) is 3.44. The minimum Gasteiger partial charge on any atom is -0.311 e. The van der Waals surface area contributed by atoms with Crippen molar-refractivity contribution in [2.24, 2.45) is 5.92 Å². The van der Waals surface area contributed by atoms with Gasteiger partial charge in [-0.25, -0.2) is 0 Å². The molecule has 90 valence electrons. The number of nitrogens with one attached hydrogen (secondary N) is 1. The van der Waals surface area contributed by atoms with Gasteiger partial charge in [-0.2, -0.15) is 0 Å². The number of piperazine rings is 1. The van der Waals surface area contributed by atoms with E-state index in [4.69, 9.17) is 0 Å². The molecule has 0 aliphatic carbocycles. The Kier molecular flexibility index (Phi) is 4.60. The molecule has 1 unspecified atom stereocenters. The zero-order valence-electron chi connectivity index (χ0n) is 11.1. The molecule has 0 aromatic heterocycles. The van der Waals surface area contributed by atoms with Gasteiger partial charge in [0.15, 0.2) is 0 Å². The lowest BCUT2D eigenvalue weighted by Gasteiger charge is -2.45. The molecule has 0 amide bonds. The number of nitrogens with zero attached hydrogens (tertiary/aromatic N) is 1. The predicted molar refractivity (Wildman–Crippen MR) is 67.2 cm³/mol. The first-order valence-corrected chi connectivity index (χ1v) is 6.40. The molecule has 1 atom stereocenters. The molecule has 2 heteroatoms. The summed E-state index contributed by atoms with van der Waals surface area (Å²) in [6.07, 6.45) is 2.70. The molecule has 2 nitrogen and oxygen atoms in total. The molecular formula is C13H28N2. The van der Waals surface area contributed by atoms with Gasteiger partial charge in [0.25, 0.3) is 0 Å². The summed E-state index contributed by atoms with van der Waals surface area (Å²) in [5.41, 5.74) is 0.337. The molecule has 0 bridgehead atoms. The highest BCUT2D eigenvalue weighted by atomic mass is 15.3. The van der Waals surface area contributed by atoms with Gasteiger partial charge in [0.05, 0.1) is 0 Å². The Morgan fingerprint density at radius 1 is 1.40 bits per heavy atom. The maximum absolute atomic E-state index is 3.56. The summed E-state index contributed by atoms with van der Waals surface area (Å²) in [5.74, 6) is 0.841. The summed E-state index contributed by atoms with van der Waals surface area (Å²) in [4.78, 5) is 2.65. The molecular weight excluding hydrogens is 184 g/mol. The van der Waals surface area contributed by atoms with Gasteiger partial charge >= 0.3 is 0 Å². The minimum atomic E-state index is 0.337. The van der Waals surface area contributed by atoms with Crippen LogP contribution in [0.2, 0.25) is 0 Å². The second-order valence-electron chi connectivity index (χ2n) is 6.08. The molecule has 0 aromatic rings. The topological polar surface area (TPSA) is 15.3 Å². The third-order valence-corrected chi connectivity index (χ3v) is 3.44. The van der Waals surface area contributed by atoms with E-state index in [1.807, 2.05) is 0 Å². The van der Waals surface area contributed by atoms with Gasteiger partial charge in [0, 0.05) is 24.7 Å². The van der Waals surface area contributed by atoms with E-state index in [0.717, 1.165) is 12.5 Å². The maximum atomic E-state index is 3.56. The van der Waals surface area contributed by atoms with Crippen LogP contribution >= 0.6 is 0 Å². The zero-order chi connectivity index (χ0) is 11.5. The van der Waals surface area contributed by atoms with Crippen molar-refractivity contribution in [2.75, 3.05) is 19.6 Å². The second-order valence-corrected chi connectivity index (χ2v) is 6.08. The molecule has 0 spiro atoms. The summed E-state index contributed by atoms with van der Waals surface area (Å²) in [7, 11) is 0. The molecule has 1 heterocycles. The van der Waals surface area contributed by atoms with E-state index in [1.54, 1.807) is 0 Å². The van der Waals surface area contributed by atoms with Crippen molar-refractivity contribution >= 4 is 0 Å². The lowest BCUT2D eigenvalue weighted by Crippen LogP contribution is -2.61. The Bertz CT molecular complexity index is 187. The van der Waals surface area contributed by atoms with Crippen LogP contribution in [0.3, 0.4) is 0 Å². The average Bonchev–Trinajstić information content (AvgIpc) is 2.11. The van der Waals surface area contributed by atoms with Crippen LogP contribution in [-0.2, 0) is 0 Å². The normalized spacial score (nSPS) is 27.2. The van der Waals surface area contributed by atoms with Crippen LogP contribution in [0.1, 0.15) is 47.5 Å². The molecule has 15 heavy (non-hydrogen) atoms. The molecule has 0 aromatic carbocycles. The quantitative estimate of drug-likeness (QED) is 0.770. The highest BCUT2D eigenvalue weighted by Gasteiger charge is 2.31. The van der Waals surface area contributed by atoms with Gasteiger partial charge in [0.2, 0.25) is 0 Å². The first-order chi connectivity index (χ1) is 6.92. The van der Waals surface area contributed by atoms with Crippen molar-refractivity contribution in [1.29, 1.82) is 0 Å². The Morgan fingerprint density at radius 2 is 2.07 bits per heavy atom. The van der Waals surface area contributed by atoms with Crippen LogP contribution in [0.5, 0.6) is 0 Å². The van der Waals surface area contributed by atoms with Gasteiger partial charge in [-0.1, -0.05) is 13.8 Å². The molecule has 1 aliphatic heterocycles. The first-order valence-electron chi connectivity index (χ1n) is 6.40. The van der Waals surface area contributed by atoms with Crippen LogP contribution in [0.15, 0.2) is 0 Å². The lowest BCUT2D eigenvalue weighted by molar-refractivity contribution is 0.0677. The van der Waals surface area contributed by atoms with Crippen molar-refractivity contribution in [3.05, 3.63) is 0 Å². The van der Waals surface area contributed by atoms with Crippen molar-refractivity contribution in [3.8, 4) is 0 Å². The van der Waals surface area contributed by atoms with Crippen LogP contribution in [-0.4, -0.2) is 36.1 Å². The fourth-order valence-corrected chi connectivity index (χ4v) is 2.26. The SMILES string of the molecule is CC(C)CCCN1CC(C)NCC1(C)C. The first kappa shape index (κ1) is 13.0. The smallest absolute Gasteiger partial charge is 0.0278 e. The summed E-state index contributed by atoms with van der Waals surface area (Å²) in [6.45, 7) is 15.2. The van der Waals surface area contributed by atoms with Crippen LogP contribution in [0, 0.1) is 5.92 Å². The monoisotopic (exact) mass is 212 g/mol. The second kappa shape index (κ2) is 5.31. The molecule has 0 saturated carbocycles.